The molecule has 0 aromatic rings. The minimum Gasteiger partial charge on any atom is -0.389 e. The molecule has 3 heteroatoms. The first kappa shape index (κ1) is 9.44. The van der Waals surface area contributed by atoms with Gasteiger partial charge in [-0.25, -0.2) is 0 Å². The van der Waals surface area contributed by atoms with E-state index in [0.29, 0.717) is 6.10 Å². The van der Waals surface area contributed by atoms with Crippen LogP contribution in [0.5, 0.6) is 0 Å². The maximum absolute atomic E-state index is 9.97. The van der Waals surface area contributed by atoms with Gasteiger partial charge in [0.25, 0.3) is 0 Å². The molecule has 0 aromatic carbocycles. The van der Waals surface area contributed by atoms with Gasteiger partial charge >= 0.3 is 0 Å². The Hall–Kier alpha value is -0.120. The fourth-order valence-corrected chi connectivity index (χ4v) is 2.19. The summed E-state index contributed by atoms with van der Waals surface area (Å²) >= 11 is 0. The lowest BCUT2D eigenvalue weighted by Crippen LogP contribution is -2.52. The van der Waals surface area contributed by atoms with Crippen LogP contribution in [0.1, 0.15) is 26.2 Å². The molecule has 3 nitrogen and oxygen atoms in total. The van der Waals surface area contributed by atoms with Crippen LogP contribution in [-0.4, -0.2) is 48.0 Å². The van der Waals surface area contributed by atoms with E-state index >= 15 is 0 Å². The lowest BCUT2D eigenvalue weighted by molar-refractivity contribution is -0.0895. The van der Waals surface area contributed by atoms with Crippen LogP contribution < -0.4 is 0 Å². The summed E-state index contributed by atoms with van der Waals surface area (Å²) in [7, 11) is 0. The van der Waals surface area contributed by atoms with E-state index in [-0.39, 0.29) is 5.60 Å². The molecule has 1 N–H and O–H groups in total. The normalized spacial score (nSPS) is 34.2. The Morgan fingerprint density at radius 3 is 2.85 bits per heavy atom. The van der Waals surface area contributed by atoms with Gasteiger partial charge in [-0.1, -0.05) is 0 Å². The Morgan fingerprint density at radius 1 is 1.54 bits per heavy atom. The van der Waals surface area contributed by atoms with Gasteiger partial charge in [0.05, 0.1) is 18.3 Å². The summed E-state index contributed by atoms with van der Waals surface area (Å²) in [4.78, 5) is 2.33. The molecule has 2 aliphatic rings. The third kappa shape index (κ3) is 2.22. The van der Waals surface area contributed by atoms with Crippen molar-refractivity contribution in [3.05, 3.63) is 0 Å². The van der Waals surface area contributed by atoms with Crippen molar-refractivity contribution in [2.24, 2.45) is 0 Å². The SMILES string of the molecule is C[C@@H]1CN(CC2(O)CCC2)CCO1. The highest BCUT2D eigenvalue weighted by atomic mass is 16.5. The zero-order chi connectivity index (χ0) is 9.31. The number of ether oxygens (including phenoxy) is 1. The van der Waals surface area contributed by atoms with Crippen molar-refractivity contribution >= 4 is 0 Å². The first-order chi connectivity index (χ1) is 6.18. The highest BCUT2D eigenvalue weighted by Crippen LogP contribution is 2.32. The van der Waals surface area contributed by atoms with Crippen molar-refractivity contribution in [3.8, 4) is 0 Å². The van der Waals surface area contributed by atoms with Crippen molar-refractivity contribution < 1.29 is 9.84 Å². The summed E-state index contributed by atoms with van der Waals surface area (Å²) in [5.74, 6) is 0. The second-order valence-electron chi connectivity index (χ2n) is 4.49. The second-order valence-corrected chi connectivity index (χ2v) is 4.49. The molecule has 76 valence electrons. The van der Waals surface area contributed by atoms with E-state index in [9.17, 15) is 5.11 Å². The first-order valence-electron chi connectivity index (χ1n) is 5.24. The number of morpholine rings is 1. The van der Waals surface area contributed by atoms with Gasteiger partial charge in [0.15, 0.2) is 0 Å². The van der Waals surface area contributed by atoms with Gasteiger partial charge in [-0.15, -0.1) is 0 Å². The largest absolute Gasteiger partial charge is 0.389 e. The second kappa shape index (κ2) is 3.56. The number of nitrogens with zero attached hydrogens (tertiary/aromatic N) is 1. The van der Waals surface area contributed by atoms with Gasteiger partial charge in [-0.2, -0.15) is 0 Å². The third-order valence-corrected chi connectivity index (χ3v) is 3.13. The number of rotatable bonds is 2. The fraction of sp³-hybridized carbons (Fsp3) is 1.00. The first-order valence-corrected chi connectivity index (χ1v) is 5.24. The summed E-state index contributed by atoms with van der Waals surface area (Å²) in [5, 5.41) is 9.97. The van der Waals surface area contributed by atoms with E-state index in [4.69, 9.17) is 4.74 Å². The van der Waals surface area contributed by atoms with Gasteiger partial charge in [0.1, 0.15) is 0 Å². The molecule has 1 aliphatic carbocycles. The Morgan fingerprint density at radius 2 is 2.31 bits per heavy atom. The zero-order valence-electron chi connectivity index (χ0n) is 8.33. The number of hydrogen-bond donors (Lipinski definition) is 1. The lowest BCUT2D eigenvalue weighted by Gasteiger charge is -2.42. The molecule has 1 atom stereocenters. The maximum Gasteiger partial charge on any atom is 0.0774 e. The quantitative estimate of drug-likeness (QED) is 0.684. The average Bonchev–Trinajstić information content (AvgIpc) is 2.01. The fourth-order valence-electron chi connectivity index (χ4n) is 2.19. The molecule has 1 saturated carbocycles. The standard InChI is InChI=1S/C10H19NO2/c1-9-7-11(5-6-13-9)8-10(12)3-2-4-10/h9,12H,2-8H2,1H3/t9-/m1/s1. The van der Waals surface area contributed by atoms with Crippen LogP contribution in [-0.2, 0) is 4.74 Å². The molecule has 0 bridgehead atoms. The number of aliphatic hydroxyl groups is 1. The Labute approximate surface area is 79.7 Å². The number of β-amino-alcohol motifs (C(OH)–C–C–N with tert-alkyl or cyclic N) is 1. The molecule has 2 rings (SSSR count). The van der Waals surface area contributed by atoms with E-state index in [1.54, 1.807) is 0 Å². The van der Waals surface area contributed by atoms with Crippen LogP contribution in [0, 0.1) is 0 Å². The summed E-state index contributed by atoms with van der Waals surface area (Å²) in [6, 6.07) is 0. The van der Waals surface area contributed by atoms with Crippen LogP contribution in [0.15, 0.2) is 0 Å². The summed E-state index contributed by atoms with van der Waals surface area (Å²) in [5.41, 5.74) is -0.364. The van der Waals surface area contributed by atoms with Crippen LogP contribution in [0.4, 0.5) is 0 Å². The Bertz CT molecular complexity index is 180. The molecule has 0 radical (unpaired) electrons. The highest BCUT2D eigenvalue weighted by molar-refractivity contribution is 4.91. The predicted octanol–water partition coefficient (Wildman–Crippen LogP) is 0.622. The van der Waals surface area contributed by atoms with Crippen LogP contribution in [0.2, 0.25) is 0 Å². The monoisotopic (exact) mass is 185 g/mol. The van der Waals surface area contributed by atoms with Gasteiger partial charge in [-0.3, -0.25) is 4.90 Å². The van der Waals surface area contributed by atoms with Crippen molar-refractivity contribution in [1.82, 2.24) is 4.90 Å². The van der Waals surface area contributed by atoms with Crippen molar-refractivity contribution in [3.63, 3.8) is 0 Å². The third-order valence-electron chi connectivity index (χ3n) is 3.13. The molecule has 0 spiro atoms. The lowest BCUT2D eigenvalue weighted by atomic mass is 9.80. The Balaban J connectivity index is 1.80. The Kier molecular flexibility index (Phi) is 2.58. The topological polar surface area (TPSA) is 32.7 Å². The van der Waals surface area contributed by atoms with Crippen LogP contribution >= 0.6 is 0 Å². The highest BCUT2D eigenvalue weighted by Gasteiger charge is 2.36. The molecule has 1 saturated heterocycles. The van der Waals surface area contributed by atoms with Gasteiger partial charge in [0, 0.05) is 19.6 Å². The van der Waals surface area contributed by atoms with Crippen molar-refractivity contribution in [2.45, 2.75) is 37.9 Å². The summed E-state index contributed by atoms with van der Waals surface area (Å²) in [6.07, 6.45) is 3.49. The molecule has 2 fully saturated rings. The smallest absolute Gasteiger partial charge is 0.0774 e. The molecule has 1 heterocycles. The van der Waals surface area contributed by atoms with Crippen molar-refractivity contribution in [1.29, 1.82) is 0 Å². The molecule has 0 amide bonds. The van der Waals surface area contributed by atoms with Gasteiger partial charge in [-0.05, 0) is 26.2 Å². The van der Waals surface area contributed by atoms with Gasteiger partial charge < -0.3 is 9.84 Å². The predicted molar refractivity (Wildman–Crippen MR) is 50.7 cm³/mol. The van der Waals surface area contributed by atoms with E-state index in [1.807, 2.05) is 0 Å². The van der Waals surface area contributed by atoms with Gasteiger partial charge in [0.2, 0.25) is 0 Å². The molecule has 1 aliphatic heterocycles. The average molecular weight is 185 g/mol. The maximum atomic E-state index is 9.97. The van der Waals surface area contributed by atoms with Crippen LogP contribution in [0.3, 0.4) is 0 Å². The minimum atomic E-state index is -0.364. The molecule has 0 unspecified atom stereocenters. The summed E-state index contributed by atoms with van der Waals surface area (Å²) in [6.45, 7) is 5.71. The molecule has 13 heavy (non-hydrogen) atoms. The zero-order valence-corrected chi connectivity index (χ0v) is 8.33. The minimum absolute atomic E-state index is 0.331. The van der Waals surface area contributed by atoms with E-state index < -0.39 is 0 Å². The molecular formula is C10H19NO2. The van der Waals surface area contributed by atoms with Crippen LogP contribution in [0.25, 0.3) is 0 Å². The van der Waals surface area contributed by atoms with E-state index in [0.717, 1.165) is 39.1 Å². The summed E-state index contributed by atoms with van der Waals surface area (Å²) < 4.78 is 5.45. The number of hydrogen-bond acceptors (Lipinski definition) is 3. The van der Waals surface area contributed by atoms with E-state index in [2.05, 4.69) is 11.8 Å². The molecule has 0 aromatic heterocycles. The van der Waals surface area contributed by atoms with E-state index in [1.165, 1.54) is 6.42 Å². The molecular weight excluding hydrogens is 166 g/mol. The van der Waals surface area contributed by atoms with Crippen molar-refractivity contribution in [2.75, 3.05) is 26.2 Å².